The van der Waals surface area contributed by atoms with Crippen molar-refractivity contribution < 1.29 is 5.11 Å². The van der Waals surface area contributed by atoms with Crippen LogP contribution in [0.15, 0.2) is 18.2 Å². The molecule has 2 nitrogen and oxygen atoms in total. The number of rotatable bonds is 2. The lowest BCUT2D eigenvalue weighted by Gasteiger charge is -2.32. The van der Waals surface area contributed by atoms with Crippen molar-refractivity contribution in [3.63, 3.8) is 0 Å². The molecule has 0 aliphatic carbocycles. The molecule has 2 N–H and O–H groups in total. The minimum atomic E-state index is -0.757. The summed E-state index contributed by atoms with van der Waals surface area (Å²) in [6, 6.07) is 6.48. The van der Waals surface area contributed by atoms with E-state index in [0.29, 0.717) is 0 Å². The van der Waals surface area contributed by atoms with Gasteiger partial charge < -0.3 is 10.4 Å². The summed E-state index contributed by atoms with van der Waals surface area (Å²) < 4.78 is 0. The van der Waals surface area contributed by atoms with Crippen LogP contribution in [-0.4, -0.2) is 17.7 Å². The average Bonchev–Trinajstić information content (AvgIpc) is 2.75. The highest BCUT2D eigenvalue weighted by molar-refractivity contribution is 5.36. The first-order valence-corrected chi connectivity index (χ1v) is 6.05. The lowest BCUT2D eigenvalue weighted by atomic mass is 9.84. The summed E-state index contributed by atoms with van der Waals surface area (Å²) in [7, 11) is 0. The smallest absolute Gasteiger partial charge is 0.102 e. The lowest BCUT2D eigenvalue weighted by molar-refractivity contribution is 0.0212. The normalized spacial score (nSPS) is 24.4. The number of aliphatic hydroxyl groups is 1. The Hall–Kier alpha value is -0.860. The first-order valence-electron chi connectivity index (χ1n) is 6.05. The second kappa shape index (κ2) is 4.19. The van der Waals surface area contributed by atoms with Crippen molar-refractivity contribution in [3.05, 3.63) is 34.9 Å². The summed E-state index contributed by atoms with van der Waals surface area (Å²) >= 11 is 0. The van der Waals surface area contributed by atoms with Gasteiger partial charge in [-0.2, -0.15) is 0 Å². The molecule has 2 heteroatoms. The van der Waals surface area contributed by atoms with Crippen LogP contribution in [0.4, 0.5) is 0 Å². The molecule has 0 amide bonds. The van der Waals surface area contributed by atoms with E-state index in [4.69, 9.17) is 0 Å². The quantitative estimate of drug-likeness (QED) is 0.799. The number of benzene rings is 1. The van der Waals surface area contributed by atoms with Crippen molar-refractivity contribution in [1.29, 1.82) is 0 Å². The van der Waals surface area contributed by atoms with Crippen LogP contribution in [0.2, 0.25) is 0 Å². The molecule has 1 heterocycles. The van der Waals surface area contributed by atoms with Crippen LogP contribution in [0.1, 0.15) is 36.5 Å². The highest BCUT2D eigenvalue weighted by Crippen LogP contribution is 2.32. The fraction of sp³-hybridized carbons (Fsp3) is 0.571. The standard InChI is InChI=1S/C14H21NO/c1-10-6-7-11(2)12(9-10)14(3,16)13-5-4-8-15-13/h6-7,9,13,15-16H,4-5,8H2,1-3H3. The predicted molar refractivity (Wildman–Crippen MR) is 66.5 cm³/mol. The molecule has 1 aromatic carbocycles. The van der Waals surface area contributed by atoms with Gasteiger partial charge in [0.05, 0.1) is 0 Å². The minimum Gasteiger partial charge on any atom is -0.384 e. The van der Waals surface area contributed by atoms with E-state index in [0.717, 1.165) is 24.9 Å². The second-order valence-electron chi connectivity index (χ2n) is 5.11. The number of hydrogen-bond acceptors (Lipinski definition) is 2. The van der Waals surface area contributed by atoms with Crippen molar-refractivity contribution in [2.24, 2.45) is 0 Å². The van der Waals surface area contributed by atoms with Gasteiger partial charge in [-0.15, -0.1) is 0 Å². The topological polar surface area (TPSA) is 32.3 Å². The molecule has 88 valence electrons. The van der Waals surface area contributed by atoms with Gasteiger partial charge in [0.15, 0.2) is 0 Å². The van der Waals surface area contributed by atoms with E-state index >= 15 is 0 Å². The van der Waals surface area contributed by atoms with Gasteiger partial charge in [-0.3, -0.25) is 0 Å². The second-order valence-corrected chi connectivity index (χ2v) is 5.11. The molecular formula is C14H21NO. The Morgan fingerprint density at radius 1 is 1.38 bits per heavy atom. The van der Waals surface area contributed by atoms with Crippen molar-refractivity contribution in [2.75, 3.05) is 6.54 Å². The Balaban J connectivity index is 2.37. The zero-order chi connectivity index (χ0) is 11.8. The first kappa shape index (κ1) is 11.6. The van der Waals surface area contributed by atoms with Crippen molar-refractivity contribution in [3.8, 4) is 0 Å². The summed E-state index contributed by atoms with van der Waals surface area (Å²) in [5.41, 5.74) is 2.68. The summed E-state index contributed by atoms with van der Waals surface area (Å²) in [5, 5.41) is 14.1. The SMILES string of the molecule is Cc1ccc(C)c(C(C)(O)C2CCCN2)c1. The molecule has 2 rings (SSSR count). The summed E-state index contributed by atoms with van der Waals surface area (Å²) in [6.07, 6.45) is 2.21. The highest BCUT2D eigenvalue weighted by atomic mass is 16.3. The molecule has 0 spiro atoms. The average molecular weight is 219 g/mol. The molecule has 1 aliphatic rings. The van der Waals surface area contributed by atoms with Gasteiger partial charge in [0, 0.05) is 6.04 Å². The molecule has 1 aliphatic heterocycles. The van der Waals surface area contributed by atoms with E-state index < -0.39 is 5.60 Å². The molecule has 2 atom stereocenters. The van der Waals surface area contributed by atoms with Gasteiger partial charge in [-0.25, -0.2) is 0 Å². The van der Waals surface area contributed by atoms with E-state index in [2.05, 4.69) is 37.4 Å². The summed E-state index contributed by atoms with van der Waals surface area (Å²) in [5.74, 6) is 0. The van der Waals surface area contributed by atoms with Gasteiger partial charge in [0.25, 0.3) is 0 Å². The molecule has 1 fully saturated rings. The predicted octanol–water partition coefficient (Wildman–Crippen LogP) is 2.26. The molecule has 1 saturated heterocycles. The van der Waals surface area contributed by atoms with Gasteiger partial charge in [-0.1, -0.05) is 23.8 Å². The molecule has 1 aromatic rings. The molecule has 0 radical (unpaired) electrons. The largest absolute Gasteiger partial charge is 0.384 e. The van der Waals surface area contributed by atoms with E-state index in [1.807, 2.05) is 6.92 Å². The number of aryl methyl sites for hydroxylation is 2. The van der Waals surface area contributed by atoms with Gasteiger partial charge >= 0.3 is 0 Å². The van der Waals surface area contributed by atoms with E-state index in [1.54, 1.807) is 0 Å². The number of hydrogen-bond donors (Lipinski definition) is 2. The summed E-state index contributed by atoms with van der Waals surface area (Å²) in [4.78, 5) is 0. The fourth-order valence-corrected chi connectivity index (χ4v) is 2.63. The Labute approximate surface area is 97.7 Å². The van der Waals surface area contributed by atoms with Crippen LogP contribution in [0.5, 0.6) is 0 Å². The Kier molecular flexibility index (Phi) is 3.04. The van der Waals surface area contributed by atoms with Crippen LogP contribution in [0.3, 0.4) is 0 Å². The number of nitrogens with one attached hydrogen (secondary N) is 1. The molecule has 0 bridgehead atoms. The molecule has 16 heavy (non-hydrogen) atoms. The Morgan fingerprint density at radius 2 is 2.12 bits per heavy atom. The molecule has 0 aromatic heterocycles. The first-order chi connectivity index (χ1) is 7.51. The lowest BCUT2D eigenvalue weighted by Crippen LogP contribution is -2.43. The monoisotopic (exact) mass is 219 g/mol. The van der Waals surface area contributed by atoms with E-state index in [-0.39, 0.29) is 6.04 Å². The zero-order valence-electron chi connectivity index (χ0n) is 10.4. The zero-order valence-corrected chi connectivity index (χ0v) is 10.4. The van der Waals surface area contributed by atoms with Crippen LogP contribution in [-0.2, 0) is 5.60 Å². The van der Waals surface area contributed by atoms with Crippen molar-refractivity contribution in [1.82, 2.24) is 5.32 Å². The maximum atomic E-state index is 10.7. The molecular weight excluding hydrogens is 198 g/mol. The Morgan fingerprint density at radius 3 is 2.75 bits per heavy atom. The minimum absolute atomic E-state index is 0.188. The maximum absolute atomic E-state index is 10.7. The van der Waals surface area contributed by atoms with Gasteiger partial charge in [0.2, 0.25) is 0 Å². The van der Waals surface area contributed by atoms with Crippen LogP contribution < -0.4 is 5.32 Å². The van der Waals surface area contributed by atoms with Crippen molar-refractivity contribution >= 4 is 0 Å². The maximum Gasteiger partial charge on any atom is 0.102 e. The molecule has 2 unspecified atom stereocenters. The third-order valence-corrected chi connectivity index (χ3v) is 3.68. The van der Waals surface area contributed by atoms with Crippen LogP contribution >= 0.6 is 0 Å². The van der Waals surface area contributed by atoms with Crippen LogP contribution in [0.25, 0.3) is 0 Å². The highest BCUT2D eigenvalue weighted by Gasteiger charge is 2.36. The Bertz CT molecular complexity index is 378. The fourth-order valence-electron chi connectivity index (χ4n) is 2.63. The molecule has 0 saturated carbocycles. The third kappa shape index (κ3) is 2.00. The van der Waals surface area contributed by atoms with E-state index in [1.165, 1.54) is 11.1 Å². The van der Waals surface area contributed by atoms with Gasteiger partial charge in [0.1, 0.15) is 5.60 Å². The van der Waals surface area contributed by atoms with Gasteiger partial charge in [-0.05, 0) is 51.3 Å². The van der Waals surface area contributed by atoms with Crippen LogP contribution in [0, 0.1) is 13.8 Å². The summed E-state index contributed by atoms with van der Waals surface area (Å²) in [6.45, 7) is 7.09. The van der Waals surface area contributed by atoms with Crippen molar-refractivity contribution in [2.45, 2.75) is 45.3 Å². The van der Waals surface area contributed by atoms with E-state index in [9.17, 15) is 5.11 Å². The third-order valence-electron chi connectivity index (χ3n) is 3.68.